The van der Waals surface area contributed by atoms with Gasteiger partial charge in [-0.1, -0.05) is 0 Å². The van der Waals surface area contributed by atoms with E-state index >= 15 is 0 Å². The van der Waals surface area contributed by atoms with Crippen LogP contribution >= 0.6 is 0 Å². The first-order chi connectivity index (χ1) is 6.90. The van der Waals surface area contributed by atoms with E-state index in [1.165, 1.54) is 25.9 Å². The highest BCUT2D eigenvalue weighted by Crippen LogP contribution is 2.08. The highest BCUT2D eigenvalue weighted by molar-refractivity contribution is 5.05. The van der Waals surface area contributed by atoms with E-state index in [2.05, 4.69) is 9.47 Å². The van der Waals surface area contributed by atoms with Crippen molar-refractivity contribution in [3.05, 3.63) is 24.0 Å². The molecule has 0 spiro atoms. The van der Waals surface area contributed by atoms with Crippen LogP contribution in [-0.2, 0) is 13.2 Å². The molecule has 1 fully saturated rings. The monoisotopic (exact) mass is 194 g/mol. The van der Waals surface area contributed by atoms with Crippen LogP contribution in [0.1, 0.15) is 18.5 Å². The minimum absolute atomic E-state index is 0.146. The fourth-order valence-corrected chi connectivity index (χ4v) is 2.07. The molecule has 2 rings (SSSR count). The smallest absolute Gasteiger partial charge is 0.0832 e. The quantitative estimate of drug-likeness (QED) is 0.777. The molecule has 3 nitrogen and oxygen atoms in total. The van der Waals surface area contributed by atoms with Crippen molar-refractivity contribution in [3.8, 4) is 0 Å². The summed E-state index contributed by atoms with van der Waals surface area (Å²) in [5, 5.41) is 9.06. The molecule has 1 aliphatic rings. The van der Waals surface area contributed by atoms with E-state index in [-0.39, 0.29) is 6.61 Å². The first-order valence-corrected chi connectivity index (χ1v) is 5.37. The maximum atomic E-state index is 9.06. The number of aromatic nitrogens is 1. The summed E-state index contributed by atoms with van der Waals surface area (Å²) in [6, 6.07) is 3.97. The lowest BCUT2D eigenvalue weighted by Gasteiger charge is -2.15. The lowest BCUT2D eigenvalue weighted by Crippen LogP contribution is -2.24. The van der Waals surface area contributed by atoms with Gasteiger partial charge in [0, 0.05) is 25.0 Å². The third-order valence-corrected chi connectivity index (χ3v) is 2.94. The third-order valence-electron chi connectivity index (χ3n) is 2.94. The molecule has 1 N–H and O–H groups in total. The number of likely N-dealkylation sites (tertiary alicyclic amines) is 1. The Labute approximate surface area is 85.0 Å². The Hall–Kier alpha value is -0.800. The largest absolute Gasteiger partial charge is 0.390 e. The molecule has 2 heterocycles. The molecule has 0 aliphatic carbocycles. The lowest BCUT2D eigenvalue weighted by molar-refractivity contribution is 0.264. The van der Waals surface area contributed by atoms with Crippen LogP contribution in [0.5, 0.6) is 0 Å². The van der Waals surface area contributed by atoms with Crippen LogP contribution < -0.4 is 0 Å². The van der Waals surface area contributed by atoms with Crippen LogP contribution in [0.4, 0.5) is 0 Å². The van der Waals surface area contributed by atoms with Crippen molar-refractivity contribution in [1.82, 2.24) is 9.47 Å². The van der Waals surface area contributed by atoms with Gasteiger partial charge in [-0.25, -0.2) is 0 Å². The van der Waals surface area contributed by atoms with E-state index in [0.29, 0.717) is 0 Å². The lowest BCUT2D eigenvalue weighted by atomic mass is 10.4. The second-order valence-electron chi connectivity index (χ2n) is 3.90. The summed E-state index contributed by atoms with van der Waals surface area (Å²) in [6.07, 6.45) is 4.73. The van der Waals surface area contributed by atoms with Crippen LogP contribution in [0, 0.1) is 0 Å². The summed E-state index contributed by atoms with van der Waals surface area (Å²) >= 11 is 0. The molecule has 3 heteroatoms. The Bertz CT molecular complexity index is 277. The van der Waals surface area contributed by atoms with Crippen molar-refractivity contribution in [2.45, 2.75) is 26.0 Å². The van der Waals surface area contributed by atoms with Gasteiger partial charge in [-0.3, -0.25) is 0 Å². The zero-order valence-corrected chi connectivity index (χ0v) is 8.52. The van der Waals surface area contributed by atoms with E-state index in [1.807, 2.05) is 18.3 Å². The molecule has 0 saturated carbocycles. The minimum Gasteiger partial charge on any atom is -0.390 e. The molecule has 0 bridgehead atoms. The first-order valence-electron chi connectivity index (χ1n) is 5.37. The Balaban J connectivity index is 1.84. The van der Waals surface area contributed by atoms with Gasteiger partial charge in [0.2, 0.25) is 0 Å². The normalized spacial score (nSPS) is 17.8. The molecule has 0 atom stereocenters. The number of rotatable bonds is 4. The van der Waals surface area contributed by atoms with Crippen LogP contribution in [0.25, 0.3) is 0 Å². The standard InChI is InChI=1S/C11H18N2O/c14-10-11-4-3-7-13(11)9-8-12-5-1-2-6-12/h3-4,7,14H,1-2,5-6,8-10H2. The van der Waals surface area contributed by atoms with Crippen molar-refractivity contribution >= 4 is 0 Å². The van der Waals surface area contributed by atoms with E-state index < -0.39 is 0 Å². The second kappa shape index (κ2) is 4.62. The van der Waals surface area contributed by atoms with Gasteiger partial charge in [0.05, 0.1) is 6.61 Å². The summed E-state index contributed by atoms with van der Waals surface area (Å²) < 4.78 is 2.14. The predicted octanol–water partition coefficient (Wildman–Crippen LogP) is 1.08. The summed E-state index contributed by atoms with van der Waals surface area (Å²) in [6.45, 7) is 4.75. The SMILES string of the molecule is OCc1cccn1CCN1CCCC1. The van der Waals surface area contributed by atoms with Gasteiger partial charge in [0.15, 0.2) is 0 Å². The maximum Gasteiger partial charge on any atom is 0.0832 e. The number of aliphatic hydroxyl groups is 1. The molecule has 0 unspecified atom stereocenters. The minimum atomic E-state index is 0.146. The van der Waals surface area contributed by atoms with Crippen LogP contribution in [0.3, 0.4) is 0 Å². The van der Waals surface area contributed by atoms with Gasteiger partial charge in [-0.2, -0.15) is 0 Å². The van der Waals surface area contributed by atoms with Crippen molar-refractivity contribution in [2.24, 2.45) is 0 Å². The number of aliphatic hydroxyl groups excluding tert-OH is 1. The highest BCUT2D eigenvalue weighted by Gasteiger charge is 2.11. The molecule has 0 amide bonds. The van der Waals surface area contributed by atoms with Gasteiger partial charge >= 0.3 is 0 Å². The van der Waals surface area contributed by atoms with Crippen LogP contribution in [-0.4, -0.2) is 34.2 Å². The van der Waals surface area contributed by atoms with Gasteiger partial charge in [0.1, 0.15) is 0 Å². The average Bonchev–Trinajstić information content (AvgIpc) is 2.85. The molecule has 1 saturated heterocycles. The summed E-state index contributed by atoms with van der Waals surface area (Å²) in [5.74, 6) is 0. The van der Waals surface area contributed by atoms with Gasteiger partial charge < -0.3 is 14.6 Å². The third kappa shape index (κ3) is 2.16. The summed E-state index contributed by atoms with van der Waals surface area (Å²) in [5.41, 5.74) is 1.02. The van der Waals surface area contributed by atoms with Crippen molar-refractivity contribution < 1.29 is 5.11 Å². The molecule has 1 aromatic heterocycles. The zero-order chi connectivity index (χ0) is 9.80. The Kier molecular flexibility index (Phi) is 3.22. The van der Waals surface area contributed by atoms with E-state index in [0.717, 1.165) is 18.8 Å². The average molecular weight is 194 g/mol. The van der Waals surface area contributed by atoms with E-state index in [9.17, 15) is 0 Å². The number of nitrogens with zero attached hydrogens (tertiary/aromatic N) is 2. The second-order valence-corrected chi connectivity index (χ2v) is 3.90. The molecule has 1 aliphatic heterocycles. The Morgan fingerprint density at radius 1 is 1.21 bits per heavy atom. The molecular formula is C11H18N2O. The molecule has 0 radical (unpaired) electrons. The highest BCUT2D eigenvalue weighted by atomic mass is 16.3. The van der Waals surface area contributed by atoms with Crippen molar-refractivity contribution in [2.75, 3.05) is 19.6 Å². The Morgan fingerprint density at radius 2 is 2.00 bits per heavy atom. The molecule has 1 aromatic rings. The van der Waals surface area contributed by atoms with Crippen molar-refractivity contribution in [1.29, 1.82) is 0 Å². The van der Waals surface area contributed by atoms with E-state index in [4.69, 9.17) is 5.11 Å². The predicted molar refractivity (Wildman–Crippen MR) is 56.0 cm³/mol. The van der Waals surface area contributed by atoms with Gasteiger partial charge in [0.25, 0.3) is 0 Å². The maximum absolute atomic E-state index is 9.06. The fourth-order valence-electron chi connectivity index (χ4n) is 2.07. The topological polar surface area (TPSA) is 28.4 Å². The Morgan fingerprint density at radius 3 is 2.71 bits per heavy atom. The first kappa shape index (κ1) is 9.74. The van der Waals surface area contributed by atoms with Gasteiger partial charge in [-0.05, 0) is 38.1 Å². The molecular weight excluding hydrogens is 176 g/mol. The number of hydrogen-bond donors (Lipinski definition) is 1. The van der Waals surface area contributed by atoms with Crippen LogP contribution in [0.15, 0.2) is 18.3 Å². The van der Waals surface area contributed by atoms with Crippen LogP contribution in [0.2, 0.25) is 0 Å². The molecule has 0 aromatic carbocycles. The summed E-state index contributed by atoms with van der Waals surface area (Å²) in [4.78, 5) is 2.49. The fraction of sp³-hybridized carbons (Fsp3) is 0.636. The molecule has 78 valence electrons. The van der Waals surface area contributed by atoms with Crippen molar-refractivity contribution in [3.63, 3.8) is 0 Å². The summed E-state index contributed by atoms with van der Waals surface area (Å²) in [7, 11) is 0. The van der Waals surface area contributed by atoms with Gasteiger partial charge in [-0.15, -0.1) is 0 Å². The van der Waals surface area contributed by atoms with E-state index in [1.54, 1.807) is 0 Å². The number of hydrogen-bond acceptors (Lipinski definition) is 2. The zero-order valence-electron chi connectivity index (χ0n) is 8.52. The molecule has 14 heavy (non-hydrogen) atoms.